The maximum absolute atomic E-state index is 11.7. The molecule has 0 aliphatic rings. The number of carbonyl (C=O) groups excluding carboxylic acids is 1. The summed E-state index contributed by atoms with van der Waals surface area (Å²) in [6, 6.07) is 7.07. The van der Waals surface area contributed by atoms with E-state index in [1.165, 1.54) is 0 Å². The van der Waals surface area contributed by atoms with Crippen molar-refractivity contribution in [2.75, 3.05) is 26.8 Å². The van der Waals surface area contributed by atoms with E-state index in [4.69, 9.17) is 9.84 Å². The number of aliphatic hydroxyl groups is 1. The molecule has 0 saturated carbocycles. The van der Waals surface area contributed by atoms with Crippen LogP contribution < -0.4 is 10.1 Å². The van der Waals surface area contributed by atoms with Crippen LogP contribution >= 0.6 is 0 Å². The van der Waals surface area contributed by atoms with E-state index in [9.17, 15) is 4.79 Å². The van der Waals surface area contributed by atoms with E-state index in [1.807, 2.05) is 0 Å². The molecule has 0 unspecified atom stereocenters. The van der Waals surface area contributed by atoms with Crippen LogP contribution in [0.3, 0.4) is 0 Å². The molecule has 0 saturated heterocycles. The highest BCUT2D eigenvalue weighted by Gasteiger charge is 2.05. The third-order valence-corrected chi connectivity index (χ3v) is 2.19. The number of carbonyl (C=O) groups is 1. The van der Waals surface area contributed by atoms with Crippen molar-refractivity contribution in [1.82, 2.24) is 5.32 Å². The van der Waals surface area contributed by atoms with E-state index in [1.54, 1.807) is 31.4 Å². The first-order chi connectivity index (χ1) is 7.77. The fourth-order valence-corrected chi connectivity index (χ4v) is 1.30. The second kappa shape index (κ2) is 6.98. The minimum absolute atomic E-state index is 0.0249. The number of nitrogens with one attached hydrogen (secondary N) is 1. The van der Waals surface area contributed by atoms with Gasteiger partial charge >= 0.3 is 0 Å². The molecule has 4 heteroatoms. The molecule has 4 nitrogen and oxygen atoms in total. The summed E-state index contributed by atoms with van der Waals surface area (Å²) in [6.45, 7) is 1.07. The van der Waals surface area contributed by atoms with Gasteiger partial charge in [-0.05, 0) is 25.1 Å². The molecule has 0 spiro atoms. The summed E-state index contributed by atoms with van der Waals surface area (Å²) in [5, 5.41) is 11.5. The lowest BCUT2D eigenvalue weighted by Gasteiger charge is -2.05. The SMILES string of the molecule is COc1cccc(C(=O)CNCCCO)c1. The van der Waals surface area contributed by atoms with Gasteiger partial charge in [-0.15, -0.1) is 0 Å². The summed E-state index contributed by atoms with van der Waals surface area (Å²) < 4.78 is 5.04. The normalized spacial score (nSPS) is 10.1. The molecule has 16 heavy (non-hydrogen) atoms. The predicted octanol–water partition coefficient (Wildman–Crippen LogP) is 0.850. The molecule has 0 amide bonds. The highest BCUT2D eigenvalue weighted by molar-refractivity contribution is 5.97. The van der Waals surface area contributed by atoms with Crippen LogP contribution in [0, 0.1) is 0 Å². The second-order valence-electron chi connectivity index (χ2n) is 3.41. The summed E-state index contributed by atoms with van der Waals surface area (Å²) >= 11 is 0. The Kier molecular flexibility index (Phi) is 5.53. The summed E-state index contributed by atoms with van der Waals surface area (Å²) in [7, 11) is 1.57. The number of ketones is 1. The van der Waals surface area contributed by atoms with Crippen molar-refractivity contribution in [2.24, 2.45) is 0 Å². The van der Waals surface area contributed by atoms with Gasteiger partial charge in [0.25, 0.3) is 0 Å². The zero-order chi connectivity index (χ0) is 11.8. The third kappa shape index (κ3) is 4.00. The molecule has 1 rings (SSSR count). The molecule has 0 bridgehead atoms. The number of rotatable bonds is 7. The van der Waals surface area contributed by atoms with Gasteiger partial charge in [-0.2, -0.15) is 0 Å². The lowest BCUT2D eigenvalue weighted by molar-refractivity contribution is 0.0990. The zero-order valence-corrected chi connectivity index (χ0v) is 9.40. The van der Waals surface area contributed by atoms with Crippen molar-refractivity contribution in [3.05, 3.63) is 29.8 Å². The van der Waals surface area contributed by atoms with Crippen LogP contribution in [0.4, 0.5) is 0 Å². The Balaban J connectivity index is 2.46. The second-order valence-corrected chi connectivity index (χ2v) is 3.41. The minimum Gasteiger partial charge on any atom is -0.497 e. The van der Waals surface area contributed by atoms with Gasteiger partial charge in [-0.3, -0.25) is 4.79 Å². The molecule has 0 aliphatic carbocycles. The first kappa shape index (κ1) is 12.7. The summed E-state index contributed by atoms with van der Waals surface area (Å²) in [6.07, 6.45) is 0.658. The number of Topliss-reactive ketones (excluding diaryl/α,β-unsaturated/α-hetero) is 1. The van der Waals surface area contributed by atoms with E-state index >= 15 is 0 Å². The maximum Gasteiger partial charge on any atom is 0.176 e. The van der Waals surface area contributed by atoms with Crippen LogP contribution in [0.25, 0.3) is 0 Å². The average Bonchev–Trinajstić information content (AvgIpc) is 2.34. The van der Waals surface area contributed by atoms with Gasteiger partial charge in [0.15, 0.2) is 5.78 Å². The van der Waals surface area contributed by atoms with E-state index in [2.05, 4.69) is 5.32 Å². The van der Waals surface area contributed by atoms with Crippen LogP contribution in [0.5, 0.6) is 5.75 Å². The van der Waals surface area contributed by atoms with Gasteiger partial charge in [0.05, 0.1) is 13.7 Å². The Labute approximate surface area is 95.2 Å². The quantitative estimate of drug-likeness (QED) is 0.531. The van der Waals surface area contributed by atoms with Crippen LogP contribution in [0.15, 0.2) is 24.3 Å². The summed E-state index contributed by atoms with van der Waals surface area (Å²) in [5.41, 5.74) is 0.635. The summed E-state index contributed by atoms with van der Waals surface area (Å²) in [4.78, 5) is 11.7. The lowest BCUT2D eigenvalue weighted by atomic mass is 10.1. The van der Waals surface area contributed by atoms with Crippen molar-refractivity contribution in [1.29, 1.82) is 0 Å². The fourth-order valence-electron chi connectivity index (χ4n) is 1.30. The average molecular weight is 223 g/mol. The van der Waals surface area contributed by atoms with E-state index < -0.39 is 0 Å². The molecule has 0 atom stereocenters. The molecule has 88 valence electrons. The Morgan fingerprint density at radius 2 is 2.31 bits per heavy atom. The zero-order valence-electron chi connectivity index (χ0n) is 9.40. The van der Waals surface area contributed by atoms with E-state index in [-0.39, 0.29) is 18.9 Å². The fraction of sp³-hybridized carbons (Fsp3) is 0.417. The van der Waals surface area contributed by atoms with Crippen molar-refractivity contribution in [2.45, 2.75) is 6.42 Å². The molecular weight excluding hydrogens is 206 g/mol. The van der Waals surface area contributed by atoms with Crippen LogP contribution in [-0.4, -0.2) is 37.7 Å². The molecule has 1 aromatic carbocycles. The predicted molar refractivity (Wildman–Crippen MR) is 61.9 cm³/mol. The van der Waals surface area contributed by atoms with E-state index in [0.717, 1.165) is 0 Å². The van der Waals surface area contributed by atoms with Gasteiger partial charge in [0.2, 0.25) is 0 Å². The van der Waals surface area contributed by atoms with Crippen LogP contribution in [-0.2, 0) is 0 Å². The molecule has 0 aliphatic heterocycles. The van der Waals surface area contributed by atoms with Crippen molar-refractivity contribution < 1.29 is 14.6 Å². The summed E-state index contributed by atoms with van der Waals surface area (Å²) in [5.74, 6) is 0.707. The minimum atomic E-state index is 0.0249. The lowest BCUT2D eigenvalue weighted by Crippen LogP contribution is -2.24. The largest absolute Gasteiger partial charge is 0.497 e. The smallest absolute Gasteiger partial charge is 0.176 e. The number of methoxy groups -OCH3 is 1. The van der Waals surface area contributed by atoms with E-state index in [0.29, 0.717) is 24.3 Å². The highest BCUT2D eigenvalue weighted by atomic mass is 16.5. The number of ether oxygens (including phenoxy) is 1. The first-order valence-corrected chi connectivity index (χ1v) is 5.26. The number of hydrogen-bond donors (Lipinski definition) is 2. The molecule has 1 aromatic rings. The van der Waals surface area contributed by atoms with Gasteiger partial charge in [0, 0.05) is 12.2 Å². The number of benzene rings is 1. The number of aliphatic hydroxyl groups excluding tert-OH is 1. The van der Waals surface area contributed by atoms with Crippen molar-refractivity contribution in [3.63, 3.8) is 0 Å². The van der Waals surface area contributed by atoms with Gasteiger partial charge in [-0.25, -0.2) is 0 Å². The monoisotopic (exact) mass is 223 g/mol. The van der Waals surface area contributed by atoms with Crippen LogP contribution in [0.2, 0.25) is 0 Å². The maximum atomic E-state index is 11.7. The topological polar surface area (TPSA) is 58.6 Å². The Bertz CT molecular complexity index is 339. The molecular formula is C12H17NO3. The van der Waals surface area contributed by atoms with Gasteiger partial charge in [-0.1, -0.05) is 12.1 Å². The van der Waals surface area contributed by atoms with Crippen molar-refractivity contribution in [3.8, 4) is 5.75 Å². The Morgan fingerprint density at radius 1 is 1.50 bits per heavy atom. The van der Waals surface area contributed by atoms with Gasteiger partial charge in [0.1, 0.15) is 5.75 Å². The van der Waals surface area contributed by atoms with Crippen LogP contribution in [0.1, 0.15) is 16.8 Å². The molecule has 0 radical (unpaired) electrons. The number of hydrogen-bond acceptors (Lipinski definition) is 4. The molecule has 0 fully saturated rings. The molecule has 0 heterocycles. The molecule has 2 N–H and O–H groups in total. The Hall–Kier alpha value is -1.39. The van der Waals surface area contributed by atoms with Crippen molar-refractivity contribution >= 4 is 5.78 Å². The first-order valence-electron chi connectivity index (χ1n) is 5.26. The highest BCUT2D eigenvalue weighted by Crippen LogP contribution is 2.12. The van der Waals surface area contributed by atoms with Gasteiger partial charge < -0.3 is 15.2 Å². The third-order valence-electron chi connectivity index (χ3n) is 2.19. The Morgan fingerprint density at radius 3 is 3.00 bits per heavy atom. The molecule has 0 aromatic heterocycles. The standard InChI is InChI=1S/C12H17NO3/c1-16-11-5-2-4-10(8-11)12(15)9-13-6-3-7-14/h2,4-5,8,13-14H,3,6-7,9H2,1H3.